The van der Waals surface area contributed by atoms with Crippen LogP contribution < -0.4 is 0 Å². The van der Waals surface area contributed by atoms with E-state index in [-0.39, 0.29) is 30.7 Å². The fourth-order valence-electron chi connectivity index (χ4n) is 3.31. The number of halogens is 1. The summed E-state index contributed by atoms with van der Waals surface area (Å²) in [5, 5.41) is 0. The van der Waals surface area contributed by atoms with E-state index in [1.54, 1.807) is 29.0 Å². The molecular weight excluding hydrogens is 347 g/mol. The zero-order chi connectivity index (χ0) is 19.2. The van der Waals surface area contributed by atoms with Crippen molar-refractivity contribution in [2.45, 2.75) is 19.0 Å². The van der Waals surface area contributed by atoms with E-state index in [0.717, 1.165) is 5.56 Å². The van der Waals surface area contributed by atoms with Gasteiger partial charge in [-0.25, -0.2) is 4.39 Å². The number of piperazine rings is 1. The van der Waals surface area contributed by atoms with Gasteiger partial charge < -0.3 is 14.5 Å². The van der Waals surface area contributed by atoms with Gasteiger partial charge in [-0.1, -0.05) is 42.5 Å². The SMILES string of the molecule is COCCN1CC(=O)N(Cc2cccc(F)c2)[C@H](Cc2ccccc2)C1=O. The number of benzene rings is 2. The van der Waals surface area contributed by atoms with Crippen molar-refractivity contribution in [3.05, 3.63) is 71.5 Å². The van der Waals surface area contributed by atoms with E-state index >= 15 is 0 Å². The van der Waals surface area contributed by atoms with Crippen LogP contribution in [0.15, 0.2) is 54.6 Å². The third-order valence-electron chi connectivity index (χ3n) is 4.70. The number of hydrogen-bond donors (Lipinski definition) is 0. The van der Waals surface area contributed by atoms with Gasteiger partial charge in [-0.15, -0.1) is 0 Å². The topological polar surface area (TPSA) is 49.9 Å². The van der Waals surface area contributed by atoms with Crippen molar-refractivity contribution in [1.29, 1.82) is 0 Å². The molecule has 142 valence electrons. The quantitative estimate of drug-likeness (QED) is 0.751. The van der Waals surface area contributed by atoms with Gasteiger partial charge in [-0.3, -0.25) is 9.59 Å². The minimum absolute atomic E-state index is 0.0167. The molecule has 2 amide bonds. The van der Waals surface area contributed by atoms with Crippen molar-refractivity contribution in [1.82, 2.24) is 9.80 Å². The second kappa shape index (κ2) is 8.77. The molecule has 0 unspecified atom stereocenters. The molecule has 2 aromatic rings. The van der Waals surface area contributed by atoms with E-state index in [2.05, 4.69) is 0 Å². The van der Waals surface area contributed by atoms with Crippen LogP contribution in [0.25, 0.3) is 0 Å². The van der Waals surface area contributed by atoms with E-state index in [9.17, 15) is 14.0 Å². The Labute approximate surface area is 158 Å². The Morgan fingerprint density at radius 1 is 1.07 bits per heavy atom. The highest BCUT2D eigenvalue weighted by Crippen LogP contribution is 2.20. The molecule has 0 bridgehead atoms. The maximum atomic E-state index is 13.5. The molecule has 5 nitrogen and oxygen atoms in total. The predicted molar refractivity (Wildman–Crippen MR) is 99.3 cm³/mol. The monoisotopic (exact) mass is 370 g/mol. The lowest BCUT2D eigenvalue weighted by Gasteiger charge is -2.40. The Kier molecular flexibility index (Phi) is 6.19. The van der Waals surface area contributed by atoms with Crippen LogP contribution in [0.1, 0.15) is 11.1 Å². The van der Waals surface area contributed by atoms with Crippen LogP contribution in [0, 0.1) is 5.82 Å². The van der Waals surface area contributed by atoms with Crippen molar-refractivity contribution in [3.8, 4) is 0 Å². The summed E-state index contributed by atoms with van der Waals surface area (Å²) in [7, 11) is 1.56. The van der Waals surface area contributed by atoms with Gasteiger partial charge in [0.25, 0.3) is 0 Å². The molecule has 0 aliphatic carbocycles. The standard InChI is InChI=1S/C21H23FN2O3/c1-27-11-10-23-15-20(25)24(14-17-8-5-9-18(22)12-17)19(21(23)26)13-16-6-3-2-4-7-16/h2-9,12,19H,10-11,13-15H2,1H3/t19-/m1/s1. The largest absolute Gasteiger partial charge is 0.383 e. The molecule has 0 saturated carbocycles. The number of rotatable bonds is 7. The van der Waals surface area contributed by atoms with Gasteiger partial charge in [0.05, 0.1) is 13.2 Å². The summed E-state index contributed by atoms with van der Waals surface area (Å²) in [6.07, 6.45) is 0.421. The van der Waals surface area contributed by atoms with Crippen molar-refractivity contribution < 1.29 is 18.7 Å². The molecule has 6 heteroatoms. The number of hydrogen-bond acceptors (Lipinski definition) is 3. The van der Waals surface area contributed by atoms with Gasteiger partial charge in [0, 0.05) is 26.6 Å². The maximum absolute atomic E-state index is 13.5. The van der Waals surface area contributed by atoms with Crippen LogP contribution in [-0.2, 0) is 27.3 Å². The molecule has 1 fully saturated rings. The number of amides is 2. The fraction of sp³-hybridized carbons (Fsp3) is 0.333. The third kappa shape index (κ3) is 4.71. The molecule has 27 heavy (non-hydrogen) atoms. The van der Waals surface area contributed by atoms with Gasteiger partial charge in [-0.05, 0) is 23.3 Å². The van der Waals surface area contributed by atoms with Crippen molar-refractivity contribution in [2.24, 2.45) is 0 Å². The molecular formula is C21H23FN2O3. The zero-order valence-electron chi connectivity index (χ0n) is 15.3. The lowest BCUT2D eigenvalue weighted by Crippen LogP contribution is -2.60. The van der Waals surface area contributed by atoms with Crippen LogP contribution in [0.5, 0.6) is 0 Å². The van der Waals surface area contributed by atoms with Gasteiger partial charge in [0.2, 0.25) is 11.8 Å². The van der Waals surface area contributed by atoms with Crippen LogP contribution in [-0.4, -0.2) is 54.5 Å². The van der Waals surface area contributed by atoms with E-state index in [1.165, 1.54) is 12.1 Å². The Morgan fingerprint density at radius 3 is 2.52 bits per heavy atom. The molecule has 1 aliphatic heterocycles. The average Bonchev–Trinajstić information content (AvgIpc) is 2.67. The lowest BCUT2D eigenvalue weighted by molar-refractivity contribution is -0.157. The molecule has 1 atom stereocenters. The maximum Gasteiger partial charge on any atom is 0.246 e. The molecule has 1 saturated heterocycles. The summed E-state index contributed by atoms with van der Waals surface area (Å²) in [6.45, 7) is 0.974. The number of carbonyl (C=O) groups is 2. The molecule has 1 aliphatic rings. The summed E-state index contributed by atoms with van der Waals surface area (Å²) in [4.78, 5) is 29.0. The van der Waals surface area contributed by atoms with Crippen molar-refractivity contribution in [2.75, 3.05) is 26.8 Å². The molecule has 3 rings (SSSR count). The van der Waals surface area contributed by atoms with Crippen LogP contribution in [0.2, 0.25) is 0 Å². The zero-order valence-corrected chi connectivity index (χ0v) is 15.3. The fourth-order valence-corrected chi connectivity index (χ4v) is 3.31. The molecule has 0 aromatic heterocycles. The first-order valence-corrected chi connectivity index (χ1v) is 8.94. The van der Waals surface area contributed by atoms with E-state index < -0.39 is 6.04 Å². The molecule has 1 heterocycles. The normalized spacial score (nSPS) is 17.5. The Morgan fingerprint density at radius 2 is 1.81 bits per heavy atom. The summed E-state index contributed by atoms with van der Waals surface area (Å²) in [5.74, 6) is -0.604. The molecule has 0 spiro atoms. The van der Waals surface area contributed by atoms with Crippen LogP contribution in [0.4, 0.5) is 4.39 Å². The summed E-state index contributed by atoms with van der Waals surface area (Å²) < 4.78 is 18.6. The first kappa shape index (κ1) is 19.0. The molecule has 2 aromatic carbocycles. The smallest absolute Gasteiger partial charge is 0.246 e. The number of nitrogens with zero attached hydrogens (tertiary/aromatic N) is 2. The highest BCUT2D eigenvalue weighted by molar-refractivity contribution is 5.95. The first-order chi connectivity index (χ1) is 13.1. The highest BCUT2D eigenvalue weighted by Gasteiger charge is 2.39. The number of ether oxygens (including phenoxy) is 1. The third-order valence-corrected chi connectivity index (χ3v) is 4.70. The second-order valence-corrected chi connectivity index (χ2v) is 6.61. The average molecular weight is 370 g/mol. The van der Waals surface area contributed by atoms with Crippen molar-refractivity contribution in [3.63, 3.8) is 0 Å². The van der Waals surface area contributed by atoms with E-state index in [1.807, 2.05) is 30.3 Å². The molecule has 0 N–H and O–H groups in total. The van der Waals surface area contributed by atoms with Gasteiger partial charge >= 0.3 is 0 Å². The summed E-state index contributed by atoms with van der Waals surface area (Å²) in [5.41, 5.74) is 1.64. The minimum atomic E-state index is -0.617. The van der Waals surface area contributed by atoms with E-state index in [4.69, 9.17) is 4.74 Å². The minimum Gasteiger partial charge on any atom is -0.383 e. The summed E-state index contributed by atoms with van der Waals surface area (Å²) >= 11 is 0. The van der Waals surface area contributed by atoms with Gasteiger partial charge in [0.15, 0.2) is 0 Å². The van der Waals surface area contributed by atoms with Crippen LogP contribution in [0.3, 0.4) is 0 Å². The lowest BCUT2D eigenvalue weighted by atomic mass is 10.00. The van der Waals surface area contributed by atoms with Gasteiger partial charge in [0.1, 0.15) is 11.9 Å². The van der Waals surface area contributed by atoms with E-state index in [0.29, 0.717) is 25.1 Å². The van der Waals surface area contributed by atoms with Crippen LogP contribution >= 0.6 is 0 Å². The van der Waals surface area contributed by atoms with Crippen molar-refractivity contribution >= 4 is 11.8 Å². The second-order valence-electron chi connectivity index (χ2n) is 6.61. The first-order valence-electron chi connectivity index (χ1n) is 8.94. The Bertz CT molecular complexity index is 797. The molecule has 0 radical (unpaired) electrons. The highest BCUT2D eigenvalue weighted by atomic mass is 19.1. The Hall–Kier alpha value is -2.73. The van der Waals surface area contributed by atoms with Gasteiger partial charge in [-0.2, -0.15) is 0 Å². The number of methoxy groups -OCH3 is 1. The number of carbonyl (C=O) groups excluding carboxylic acids is 2. The predicted octanol–water partition coefficient (Wildman–Crippen LogP) is 2.25. The summed E-state index contributed by atoms with van der Waals surface area (Å²) in [6, 6.07) is 15.1. The Balaban J connectivity index is 1.86.